The molecule has 5 nitrogen and oxygen atoms in total. The van der Waals surface area contributed by atoms with E-state index in [0.717, 1.165) is 0 Å². The smallest absolute Gasteiger partial charge is 0.305 e. The number of hydrogen-bond donors (Lipinski definition) is 2. The molecule has 0 saturated carbocycles. The summed E-state index contributed by atoms with van der Waals surface area (Å²) in [6.45, 7) is 1.61. The molecular formula is C9H10BrNO4. The highest BCUT2D eigenvalue weighted by Crippen LogP contribution is 2.17. The van der Waals surface area contributed by atoms with Crippen molar-refractivity contribution in [2.75, 3.05) is 0 Å². The zero-order valence-corrected chi connectivity index (χ0v) is 9.58. The molecule has 0 aliphatic heterocycles. The number of carbonyl (C=O) groups is 2. The lowest BCUT2D eigenvalue weighted by molar-refractivity contribution is -0.137. The van der Waals surface area contributed by atoms with E-state index in [2.05, 4.69) is 21.2 Å². The first kappa shape index (κ1) is 11.8. The fourth-order valence-corrected chi connectivity index (χ4v) is 1.44. The molecule has 15 heavy (non-hydrogen) atoms. The standard InChI is InChI=1S/C9H10BrNO4/c1-5(4-7(12)13)11-9(14)8-6(10)2-3-15-8/h2-3,5H,4H2,1H3,(H,11,14)(H,12,13). The normalized spacial score (nSPS) is 12.1. The van der Waals surface area contributed by atoms with E-state index in [1.54, 1.807) is 13.0 Å². The topological polar surface area (TPSA) is 79.5 Å². The van der Waals surface area contributed by atoms with Crippen molar-refractivity contribution in [3.8, 4) is 0 Å². The molecule has 1 aromatic rings. The zero-order chi connectivity index (χ0) is 11.4. The number of aliphatic carboxylic acids is 1. The van der Waals surface area contributed by atoms with Crippen molar-refractivity contribution >= 4 is 27.8 Å². The van der Waals surface area contributed by atoms with Gasteiger partial charge in [-0.25, -0.2) is 0 Å². The van der Waals surface area contributed by atoms with Gasteiger partial charge in [-0.05, 0) is 28.9 Å². The highest BCUT2D eigenvalue weighted by Gasteiger charge is 2.17. The summed E-state index contributed by atoms with van der Waals surface area (Å²) in [7, 11) is 0. The fraction of sp³-hybridized carbons (Fsp3) is 0.333. The van der Waals surface area contributed by atoms with E-state index in [1.165, 1.54) is 6.26 Å². The zero-order valence-electron chi connectivity index (χ0n) is 7.99. The molecule has 0 saturated heterocycles. The number of carboxylic acids is 1. The Labute approximate surface area is 94.6 Å². The van der Waals surface area contributed by atoms with Crippen molar-refractivity contribution in [1.82, 2.24) is 5.32 Å². The van der Waals surface area contributed by atoms with E-state index in [1.807, 2.05) is 0 Å². The van der Waals surface area contributed by atoms with Crippen molar-refractivity contribution in [2.45, 2.75) is 19.4 Å². The molecule has 0 aromatic carbocycles. The minimum atomic E-state index is -0.957. The second-order valence-electron chi connectivity index (χ2n) is 3.07. The summed E-state index contributed by atoms with van der Waals surface area (Å²) in [5.74, 6) is -1.24. The van der Waals surface area contributed by atoms with E-state index in [4.69, 9.17) is 9.52 Å². The maximum absolute atomic E-state index is 11.5. The Balaban J connectivity index is 2.56. The van der Waals surface area contributed by atoms with Gasteiger partial charge in [0.25, 0.3) is 5.91 Å². The molecule has 0 aliphatic carbocycles. The third kappa shape index (κ3) is 3.39. The molecular weight excluding hydrogens is 266 g/mol. The number of carboxylic acid groups (broad SMARTS) is 1. The molecule has 0 radical (unpaired) electrons. The molecule has 0 aliphatic rings. The number of halogens is 1. The second kappa shape index (κ2) is 4.97. The van der Waals surface area contributed by atoms with Gasteiger partial charge in [0.15, 0.2) is 0 Å². The first-order valence-electron chi connectivity index (χ1n) is 4.26. The van der Waals surface area contributed by atoms with E-state index in [-0.39, 0.29) is 12.2 Å². The minimum absolute atomic E-state index is 0.121. The van der Waals surface area contributed by atoms with Crippen LogP contribution in [-0.4, -0.2) is 23.0 Å². The van der Waals surface area contributed by atoms with Crippen LogP contribution in [0.3, 0.4) is 0 Å². The first-order chi connectivity index (χ1) is 7.00. The molecule has 1 heterocycles. The van der Waals surface area contributed by atoms with Crippen molar-refractivity contribution < 1.29 is 19.1 Å². The van der Waals surface area contributed by atoms with Crippen molar-refractivity contribution in [3.05, 3.63) is 22.6 Å². The Morgan fingerprint density at radius 3 is 2.80 bits per heavy atom. The highest BCUT2D eigenvalue weighted by molar-refractivity contribution is 9.10. The summed E-state index contributed by atoms with van der Waals surface area (Å²) in [5, 5.41) is 11.0. The van der Waals surface area contributed by atoms with E-state index in [0.29, 0.717) is 4.47 Å². The molecule has 0 fully saturated rings. The summed E-state index contributed by atoms with van der Waals surface area (Å²) in [6, 6.07) is 1.16. The minimum Gasteiger partial charge on any atom is -0.481 e. The van der Waals surface area contributed by atoms with E-state index < -0.39 is 17.9 Å². The van der Waals surface area contributed by atoms with Crippen LogP contribution in [0.4, 0.5) is 0 Å². The summed E-state index contributed by atoms with van der Waals surface area (Å²) in [4.78, 5) is 21.9. The van der Waals surface area contributed by atoms with Crippen LogP contribution in [-0.2, 0) is 4.79 Å². The predicted octanol–water partition coefficient (Wildman–Crippen LogP) is 1.64. The van der Waals surface area contributed by atoms with Gasteiger partial charge in [-0.2, -0.15) is 0 Å². The van der Waals surface area contributed by atoms with Crippen LogP contribution in [0.2, 0.25) is 0 Å². The largest absolute Gasteiger partial charge is 0.481 e. The molecule has 2 N–H and O–H groups in total. The van der Waals surface area contributed by atoms with Crippen LogP contribution in [0.25, 0.3) is 0 Å². The molecule has 0 spiro atoms. The molecule has 1 amide bonds. The monoisotopic (exact) mass is 275 g/mol. The average Bonchev–Trinajstić information content (AvgIpc) is 2.49. The molecule has 1 atom stereocenters. The molecule has 6 heteroatoms. The Morgan fingerprint density at radius 1 is 1.67 bits per heavy atom. The Morgan fingerprint density at radius 2 is 2.33 bits per heavy atom. The van der Waals surface area contributed by atoms with Gasteiger partial charge < -0.3 is 14.8 Å². The van der Waals surface area contributed by atoms with Crippen molar-refractivity contribution in [1.29, 1.82) is 0 Å². The van der Waals surface area contributed by atoms with Gasteiger partial charge in [0.1, 0.15) is 0 Å². The summed E-state index contributed by atoms with van der Waals surface area (Å²) < 4.78 is 5.47. The van der Waals surface area contributed by atoms with Crippen LogP contribution < -0.4 is 5.32 Å². The van der Waals surface area contributed by atoms with Gasteiger partial charge in [0.05, 0.1) is 17.2 Å². The molecule has 0 bridgehead atoms. The lowest BCUT2D eigenvalue weighted by atomic mass is 10.2. The van der Waals surface area contributed by atoms with Crippen LogP contribution in [0.15, 0.2) is 21.2 Å². The van der Waals surface area contributed by atoms with E-state index >= 15 is 0 Å². The Kier molecular flexibility index (Phi) is 3.90. The van der Waals surface area contributed by atoms with Crippen molar-refractivity contribution in [3.63, 3.8) is 0 Å². The maximum atomic E-state index is 11.5. The van der Waals surface area contributed by atoms with Gasteiger partial charge in [-0.15, -0.1) is 0 Å². The van der Waals surface area contributed by atoms with Gasteiger partial charge >= 0.3 is 5.97 Å². The Bertz CT molecular complexity index is 374. The summed E-state index contributed by atoms with van der Waals surface area (Å²) in [5.41, 5.74) is 0. The number of nitrogens with one attached hydrogen (secondary N) is 1. The van der Waals surface area contributed by atoms with Gasteiger partial charge in [-0.1, -0.05) is 0 Å². The van der Waals surface area contributed by atoms with Gasteiger partial charge in [-0.3, -0.25) is 9.59 Å². The quantitative estimate of drug-likeness (QED) is 0.876. The second-order valence-corrected chi connectivity index (χ2v) is 3.92. The SMILES string of the molecule is CC(CC(=O)O)NC(=O)c1occc1Br. The number of carbonyl (C=O) groups excluding carboxylic acids is 1. The number of furan rings is 1. The third-order valence-corrected chi connectivity index (χ3v) is 2.31. The van der Waals surface area contributed by atoms with Crippen LogP contribution in [0.1, 0.15) is 23.9 Å². The van der Waals surface area contributed by atoms with Crippen LogP contribution in [0.5, 0.6) is 0 Å². The number of amides is 1. The summed E-state index contributed by atoms with van der Waals surface area (Å²) >= 11 is 3.14. The number of hydrogen-bond acceptors (Lipinski definition) is 3. The highest BCUT2D eigenvalue weighted by atomic mass is 79.9. The van der Waals surface area contributed by atoms with Gasteiger partial charge in [0.2, 0.25) is 5.76 Å². The molecule has 1 aromatic heterocycles. The lowest BCUT2D eigenvalue weighted by Gasteiger charge is -2.09. The van der Waals surface area contributed by atoms with Crippen LogP contribution in [0, 0.1) is 0 Å². The average molecular weight is 276 g/mol. The first-order valence-corrected chi connectivity index (χ1v) is 5.05. The molecule has 82 valence electrons. The molecule has 1 unspecified atom stereocenters. The predicted molar refractivity (Wildman–Crippen MR) is 55.6 cm³/mol. The van der Waals surface area contributed by atoms with E-state index in [9.17, 15) is 9.59 Å². The summed E-state index contributed by atoms with van der Waals surface area (Å²) in [6.07, 6.45) is 1.25. The van der Waals surface area contributed by atoms with Crippen molar-refractivity contribution in [2.24, 2.45) is 0 Å². The number of rotatable bonds is 4. The maximum Gasteiger partial charge on any atom is 0.305 e. The van der Waals surface area contributed by atoms with Crippen LogP contribution >= 0.6 is 15.9 Å². The van der Waals surface area contributed by atoms with Gasteiger partial charge in [0, 0.05) is 6.04 Å². The lowest BCUT2D eigenvalue weighted by Crippen LogP contribution is -2.34. The molecule has 1 rings (SSSR count). The fourth-order valence-electron chi connectivity index (χ4n) is 1.06. The third-order valence-electron chi connectivity index (χ3n) is 1.68. The Hall–Kier alpha value is -1.30.